The van der Waals surface area contributed by atoms with Gasteiger partial charge in [0.25, 0.3) is 0 Å². The number of hydroxylamine groups is 6. The van der Waals surface area contributed by atoms with E-state index in [0.717, 1.165) is 37.3 Å². The molecule has 0 heterocycles. The van der Waals surface area contributed by atoms with Gasteiger partial charge in [-0.05, 0) is 187 Å². The van der Waals surface area contributed by atoms with E-state index in [4.69, 9.17) is 0 Å². The van der Waals surface area contributed by atoms with E-state index < -0.39 is 32.2 Å². The third-order valence-electron chi connectivity index (χ3n) is 23.8. The molecule has 16 heteroatoms. The summed E-state index contributed by atoms with van der Waals surface area (Å²) in [6.45, 7) is 20.3. The zero-order valence-electron chi connectivity index (χ0n) is 73.8. The van der Waals surface area contributed by atoms with Gasteiger partial charge in [-0.1, -0.05) is 266 Å². The molecule has 0 bridgehead atoms. The number of carbonyl (C=O) groups is 5. The Balaban J connectivity index is 5.41. The lowest BCUT2D eigenvalue weighted by molar-refractivity contribution is -0.166. The summed E-state index contributed by atoms with van der Waals surface area (Å²) in [4.78, 5) is 63.9. The maximum atomic E-state index is 12.9. The van der Waals surface area contributed by atoms with Gasteiger partial charge in [0.15, 0.2) is 0 Å². The van der Waals surface area contributed by atoms with Crippen molar-refractivity contribution in [3.63, 3.8) is 0 Å². The molecule has 14 nitrogen and oxygen atoms in total. The van der Waals surface area contributed by atoms with Crippen molar-refractivity contribution < 1.29 is 39.6 Å². The van der Waals surface area contributed by atoms with Crippen molar-refractivity contribution >= 4 is 44.1 Å². The number of carbonyl (C=O) groups excluding carboxylic acids is 5. The lowest BCUT2D eigenvalue weighted by atomic mass is 10.1. The van der Waals surface area contributed by atoms with Crippen LogP contribution < -0.4 is 10.6 Å². The molecule has 0 fully saturated rings. The number of unbranched alkanes of at least 4 members (excludes halogenated alkanes) is 50. The van der Waals surface area contributed by atoms with Crippen LogP contribution in [0.4, 0.5) is 0 Å². The molecule has 0 rings (SSSR count). The number of nitrogens with zero attached hydrogens (tertiary/aromatic N) is 4. The molecule has 109 heavy (non-hydrogen) atoms. The van der Waals surface area contributed by atoms with Crippen LogP contribution in [0.5, 0.6) is 0 Å². The first-order valence-corrected chi connectivity index (χ1v) is 53.1. The fourth-order valence-corrected chi connectivity index (χ4v) is 26.2. The molecule has 0 aliphatic heterocycles. The van der Waals surface area contributed by atoms with E-state index in [-0.39, 0.29) is 57.1 Å². The van der Waals surface area contributed by atoms with Crippen LogP contribution in [-0.2, 0) is 24.0 Å². The largest absolute Gasteiger partial charge is 0.356 e. The summed E-state index contributed by atoms with van der Waals surface area (Å²) in [6.07, 6.45) is 92.9. The summed E-state index contributed by atoms with van der Waals surface area (Å²) >= 11 is 0. The molecular formula is C93H188N6O8P2+2. The SMILES string of the molecule is CCCCCCCC[P+](CCCCCCCC)(CCCCCCCC)CCCCCCCCCCN(CCCCCCCCCC[P+](CCCCCCCC)(CCCCCCCC)CCCCCCCC)CCCCCN(O)C(=O)CCC(=O)NCCCCCN(O)C(=O)CCC(=O)NCCCCCN(O)C(C)=O. The minimum absolute atomic E-state index is 0.000503. The van der Waals surface area contributed by atoms with Gasteiger partial charge in [-0.15, -0.1) is 0 Å². The van der Waals surface area contributed by atoms with Gasteiger partial charge in [-0.2, -0.15) is 0 Å². The fraction of sp³-hybridized carbons (Fsp3) is 0.946. The Morgan fingerprint density at radius 3 is 0.642 bits per heavy atom. The van der Waals surface area contributed by atoms with E-state index in [1.165, 1.54) is 354 Å². The highest BCUT2D eigenvalue weighted by molar-refractivity contribution is 7.76. The van der Waals surface area contributed by atoms with Crippen LogP contribution in [0.1, 0.15) is 466 Å². The summed E-state index contributed by atoms with van der Waals surface area (Å²) in [5, 5.41) is 38.1. The summed E-state index contributed by atoms with van der Waals surface area (Å²) in [5.74, 6) is -1.90. The van der Waals surface area contributed by atoms with Crippen LogP contribution in [0.15, 0.2) is 0 Å². The third kappa shape index (κ3) is 70.0. The summed E-state index contributed by atoms with van der Waals surface area (Å²) < 4.78 is 0. The zero-order chi connectivity index (χ0) is 79.9. The minimum Gasteiger partial charge on any atom is -0.356 e. The van der Waals surface area contributed by atoms with E-state index in [1.807, 2.05) is 0 Å². The summed E-state index contributed by atoms with van der Waals surface area (Å²) in [6, 6.07) is 0. The molecular weight excluding hydrogens is 1390 g/mol. The molecule has 0 spiro atoms. The third-order valence-corrected chi connectivity index (χ3v) is 33.9. The Labute approximate surface area is 678 Å². The molecule has 0 aliphatic carbocycles. The number of rotatable bonds is 88. The van der Waals surface area contributed by atoms with Crippen LogP contribution in [0.25, 0.3) is 0 Å². The standard InChI is InChI=1S/C93H186N6O8P2/c1-8-14-20-26-42-61-81-108(82-62-43-27-21-15-9-2,83-63-44-28-22-16-10-3)87-67-48-38-34-32-36-40-55-75-96(76-56-41-37-33-35-39-49-68-88-109(84-64-45-29-23-17-11-4,85-65-46-30-24-18-12-5)86-66-47-31-25-19-13-6)77-57-52-60-80-99(107)93(104)72-70-91(102)95-74-54-51-59-79-98(106)92(103)71-69-90(101)94-73-53-50-58-78-97(105)89(7)100/h105-107H,8-88H2,1-7H3/p+2. The molecule has 0 saturated carbocycles. The van der Waals surface area contributed by atoms with Gasteiger partial charge in [-0.25, -0.2) is 15.2 Å². The highest BCUT2D eigenvalue weighted by Gasteiger charge is 2.36. The van der Waals surface area contributed by atoms with E-state index in [9.17, 15) is 39.6 Å². The normalized spacial score (nSPS) is 11.9. The first-order chi connectivity index (χ1) is 53.2. The predicted molar refractivity (Wildman–Crippen MR) is 476 cm³/mol. The first-order valence-electron chi connectivity index (χ1n) is 48.1. The second kappa shape index (κ2) is 81.2. The first kappa shape index (κ1) is 107. The van der Waals surface area contributed by atoms with E-state index in [1.54, 1.807) is 49.3 Å². The van der Waals surface area contributed by atoms with Crippen LogP contribution in [0.3, 0.4) is 0 Å². The van der Waals surface area contributed by atoms with Crippen molar-refractivity contribution in [2.75, 3.05) is 102 Å². The molecule has 646 valence electrons. The monoisotopic (exact) mass is 1580 g/mol. The fourth-order valence-electron chi connectivity index (χ4n) is 16.4. The number of hydrogen-bond acceptors (Lipinski definition) is 9. The Morgan fingerprint density at radius 2 is 0.413 bits per heavy atom. The molecule has 0 radical (unpaired) electrons. The molecule has 5 amide bonds. The second-order valence-electron chi connectivity index (χ2n) is 34.1. The maximum Gasteiger partial charge on any atom is 0.246 e. The quantitative estimate of drug-likeness (QED) is 0.0171. The Bertz CT molecular complexity index is 1850. The smallest absolute Gasteiger partial charge is 0.246 e. The summed E-state index contributed by atoms with van der Waals surface area (Å²) in [5.41, 5.74) is 0. The molecule has 0 aliphatic rings. The van der Waals surface area contributed by atoms with Gasteiger partial charge in [0.05, 0.1) is 49.3 Å². The Morgan fingerprint density at radius 1 is 0.229 bits per heavy atom. The van der Waals surface area contributed by atoms with Crippen molar-refractivity contribution in [1.29, 1.82) is 0 Å². The van der Waals surface area contributed by atoms with E-state index in [0.29, 0.717) is 55.3 Å². The number of amides is 5. The zero-order valence-corrected chi connectivity index (χ0v) is 75.6. The minimum atomic E-state index is -0.894. The van der Waals surface area contributed by atoms with E-state index >= 15 is 0 Å². The van der Waals surface area contributed by atoms with Crippen LogP contribution in [0.2, 0.25) is 0 Å². The average molecular weight is 1580 g/mol. The van der Waals surface area contributed by atoms with E-state index in [2.05, 4.69) is 57.1 Å². The van der Waals surface area contributed by atoms with Crippen LogP contribution >= 0.6 is 14.5 Å². The molecule has 0 aromatic carbocycles. The van der Waals surface area contributed by atoms with Gasteiger partial charge in [-0.3, -0.25) is 39.6 Å². The molecule has 0 aromatic heterocycles. The number of hydrogen-bond donors (Lipinski definition) is 5. The summed E-state index contributed by atoms with van der Waals surface area (Å²) in [7, 11) is -1.79. The molecule has 5 N–H and O–H groups in total. The Hall–Kier alpha value is -1.95. The highest BCUT2D eigenvalue weighted by atomic mass is 31.2. The van der Waals surface area contributed by atoms with Crippen LogP contribution in [-0.4, -0.2) is 167 Å². The molecule has 0 unspecified atom stereocenters. The van der Waals surface area contributed by atoms with Crippen molar-refractivity contribution in [3.05, 3.63) is 0 Å². The van der Waals surface area contributed by atoms with Gasteiger partial charge in [0.1, 0.15) is 0 Å². The Kier molecular flexibility index (Phi) is 79.8. The number of nitrogens with one attached hydrogen (secondary N) is 2. The van der Waals surface area contributed by atoms with Gasteiger partial charge in [0.2, 0.25) is 29.5 Å². The second-order valence-corrected chi connectivity index (χ2v) is 43.1. The average Bonchev–Trinajstić information content (AvgIpc) is 0.875. The molecule has 0 saturated heterocycles. The highest BCUT2D eigenvalue weighted by Crippen LogP contribution is 2.63. The lowest BCUT2D eigenvalue weighted by Gasteiger charge is -2.28. The van der Waals surface area contributed by atoms with Crippen molar-refractivity contribution in [2.24, 2.45) is 0 Å². The predicted octanol–water partition coefficient (Wildman–Crippen LogP) is 26.7. The van der Waals surface area contributed by atoms with Gasteiger partial charge >= 0.3 is 0 Å². The van der Waals surface area contributed by atoms with Crippen LogP contribution in [0, 0.1) is 0 Å². The molecule has 0 aromatic rings. The van der Waals surface area contributed by atoms with Gasteiger partial charge in [0, 0.05) is 79.9 Å². The topological polar surface area (TPSA) is 183 Å². The van der Waals surface area contributed by atoms with Crippen molar-refractivity contribution in [2.45, 2.75) is 466 Å². The lowest BCUT2D eigenvalue weighted by Crippen LogP contribution is -2.31. The maximum absolute atomic E-state index is 12.9. The van der Waals surface area contributed by atoms with Crippen molar-refractivity contribution in [1.82, 2.24) is 30.7 Å². The molecule has 0 atom stereocenters. The van der Waals surface area contributed by atoms with Gasteiger partial charge < -0.3 is 15.5 Å². The van der Waals surface area contributed by atoms with Crippen molar-refractivity contribution in [3.8, 4) is 0 Å².